The minimum Gasteiger partial charge on any atom is -0.394 e. The highest BCUT2D eigenvalue weighted by Gasteiger charge is 2.25. The zero-order valence-corrected chi connectivity index (χ0v) is 11.0. The Morgan fingerprint density at radius 2 is 2.28 bits per heavy atom. The number of likely N-dealkylation sites (N-methyl/N-ethyl adjacent to an activating group) is 1. The monoisotopic (exact) mass is 252 g/mol. The maximum absolute atomic E-state index is 13.3. The van der Waals surface area contributed by atoms with Gasteiger partial charge in [-0.2, -0.15) is 0 Å². The van der Waals surface area contributed by atoms with Crippen LogP contribution in [-0.4, -0.2) is 37.4 Å². The largest absolute Gasteiger partial charge is 0.394 e. The number of rotatable bonds is 5. The van der Waals surface area contributed by atoms with Crippen LogP contribution in [0, 0.1) is 5.82 Å². The molecular weight excluding hydrogens is 231 g/mol. The van der Waals surface area contributed by atoms with E-state index in [9.17, 15) is 9.50 Å². The van der Waals surface area contributed by atoms with Crippen LogP contribution in [0.4, 0.5) is 10.1 Å². The summed E-state index contributed by atoms with van der Waals surface area (Å²) in [6, 6.07) is 5.00. The van der Waals surface area contributed by atoms with Gasteiger partial charge in [0.1, 0.15) is 5.82 Å². The molecule has 1 unspecified atom stereocenters. The molecule has 0 spiro atoms. The molecule has 0 radical (unpaired) electrons. The van der Waals surface area contributed by atoms with Crippen molar-refractivity contribution < 1.29 is 9.50 Å². The summed E-state index contributed by atoms with van der Waals surface area (Å²) in [5.74, 6) is -0.181. The van der Waals surface area contributed by atoms with Gasteiger partial charge < -0.3 is 15.3 Å². The SMILES string of the molecule is CNC(C)(CO)CCN1CCc2ccc(F)cc21. The van der Waals surface area contributed by atoms with Gasteiger partial charge in [-0.3, -0.25) is 0 Å². The Morgan fingerprint density at radius 3 is 2.94 bits per heavy atom. The van der Waals surface area contributed by atoms with Gasteiger partial charge in [-0.05, 0) is 44.5 Å². The molecule has 3 nitrogen and oxygen atoms in total. The molecule has 18 heavy (non-hydrogen) atoms. The lowest BCUT2D eigenvalue weighted by molar-refractivity contribution is 0.175. The van der Waals surface area contributed by atoms with Crippen LogP contribution in [0.5, 0.6) is 0 Å². The quantitative estimate of drug-likeness (QED) is 0.834. The summed E-state index contributed by atoms with van der Waals surface area (Å²) in [5.41, 5.74) is 1.95. The molecule has 1 aliphatic heterocycles. The molecule has 2 N–H and O–H groups in total. The highest BCUT2D eigenvalue weighted by atomic mass is 19.1. The fourth-order valence-electron chi connectivity index (χ4n) is 2.32. The molecule has 0 bridgehead atoms. The highest BCUT2D eigenvalue weighted by molar-refractivity contribution is 5.58. The van der Waals surface area contributed by atoms with E-state index in [-0.39, 0.29) is 18.0 Å². The van der Waals surface area contributed by atoms with Crippen LogP contribution in [0.15, 0.2) is 18.2 Å². The number of aliphatic hydroxyl groups excluding tert-OH is 1. The van der Waals surface area contributed by atoms with E-state index in [2.05, 4.69) is 10.2 Å². The van der Waals surface area contributed by atoms with Crippen molar-refractivity contribution in [2.45, 2.75) is 25.3 Å². The fraction of sp³-hybridized carbons (Fsp3) is 0.571. The van der Waals surface area contributed by atoms with E-state index in [1.807, 2.05) is 20.0 Å². The number of nitrogens with zero attached hydrogens (tertiary/aromatic N) is 1. The lowest BCUT2D eigenvalue weighted by Crippen LogP contribution is -2.46. The van der Waals surface area contributed by atoms with Crippen LogP contribution < -0.4 is 10.2 Å². The third kappa shape index (κ3) is 2.65. The molecular formula is C14H21FN2O. The Morgan fingerprint density at radius 1 is 1.50 bits per heavy atom. The van der Waals surface area contributed by atoms with E-state index in [0.29, 0.717) is 0 Å². The minimum atomic E-state index is -0.268. The van der Waals surface area contributed by atoms with Crippen molar-refractivity contribution in [3.05, 3.63) is 29.6 Å². The van der Waals surface area contributed by atoms with Gasteiger partial charge in [-0.25, -0.2) is 4.39 Å². The van der Waals surface area contributed by atoms with Gasteiger partial charge in [0.15, 0.2) is 0 Å². The molecule has 100 valence electrons. The number of aliphatic hydroxyl groups is 1. The maximum Gasteiger partial charge on any atom is 0.125 e. The number of anilines is 1. The van der Waals surface area contributed by atoms with Crippen molar-refractivity contribution >= 4 is 5.69 Å². The highest BCUT2D eigenvalue weighted by Crippen LogP contribution is 2.29. The summed E-state index contributed by atoms with van der Waals surface area (Å²) >= 11 is 0. The molecule has 1 heterocycles. The lowest BCUT2D eigenvalue weighted by Gasteiger charge is -2.30. The van der Waals surface area contributed by atoms with Gasteiger partial charge in [-0.15, -0.1) is 0 Å². The van der Waals surface area contributed by atoms with Gasteiger partial charge >= 0.3 is 0 Å². The van der Waals surface area contributed by atoms with Crippen molar-refractivity contribution in [2.24, 2.45) is 0 Å². The van der Waals surface area contributed by atoms with Crippen molar-refractivity contribution in [3.63, 3.8) is 0 Å². The Kier molecular flexibility index (Phi) is 3.88. The van der Waals surface area contributed by atoms with E-state index in [4.69, 9.17) is 0 Å². The zero-order valence-electron chi connectivity index (χ0n) is 11.0. The molecule has 0 fully saturated rings. The second kappa shape index (κ2) is 5.24. The third-order valence-electron chi connectivity index (χ3n) is 3.93. The van der Waals surface area contributed by atoms with Gasteiger partial charge in [0, 0.05) is 24.3 Å². The topological polar surface area (TPSA) is 35.5 Å². The molecule has 0 amide bonds. The number of halogens is 1. The summed E-state index contributed by atoms with van der Waals surface area (Å²) < 4.78 is 13.3. The summed E-state index contributed by atoms with van der Waals surface area (Å²) in [6.07, 6.45) is 1.81. The number of fused-ring (bicyclic) bond motifs is 1. The van der Waals surface area contributed by atoms with Crippen LogP contribution in [0.1, 0.15) is 18.9 Å². The summed E-state index contributed by atoms with van der Waals surface area (Å²) in [5, 5.41) is 12.5. The molecule has 1 aromatic carbocycles. The van der Waals surface area contributed by atoms with E-state index >= 15 is 0 Å². The normalized spacial score (nSPS) is 17.7. The number of hydrogen-bond donors (Lipinski definition) is 2. The Hall–Kier alpha value is -1.13. The first-order valence-electron chi connectivity index (χ1n) is 6.41. The van der Waals surface area contributed by atoms with Crippen LogP contribution in [0.3, 0.4) is 0 Å². The molecule has 0 aliphatic carbocycles. The minimum absolute atomic E-state index is 0.105. The van der Waals surface area contributed by atoms with Crippen LogP contribution in [0.25, 0.3) is 0 Å². The summed E-state index contributed by atoms with van der Waals surface area (Å²) in [6.45, 7) is 3.86. The molecule has 0 saturated carbocycles. The van der Waals surface area contributed by atoms with E-state index < -0.39 is 0 Å². The smallest absolute Gasteiger partial charge is 0.125 e. The van der Waals surface area contributed by atoms with Gasteiger partial charge in [-0.1, -0.05) is 6.07 Å². The first kappa shape index (κ1) is 13.3. The van der Waals surface area contributed by atoms with E-state index in [0.717, 1.165) is 31.6 Å². The third-order valence-corrected chi connectivity index (χ3v) is 3.93. The summed E-state index contributed by atoms with van der Waals surface area (Å²) in [4.78, 5) is 2.20. The Bertz CT molecular complexity index is 418. The molecule has 2 rings (SSSR count). The second-order valence-electron chi connectivity index (χ2n) is 5.23. The van der Waals surface area contributed by atoms with E-state index in [1.165, 1.54) is 11.6 Å². The molecule has 0 saturated heterocycles. The van der Waals surface area contributed by atoms with Crippen molar-refractivity contribution in [3.8, 4) is 0 Å². The van der Waals surface area contributed by atoms with E-state index in [1.54, 1.807) is 6.07 Å². The van der Waals surface area contributed by atoms with Crippen molar-refractivity contribution in [1.82, 2.24) is 5.32 Å². The maximum atomic E-state index is 13.3. The first-order chi connectivity index (χ1) is 8.58. The predicted molar refractivity (Wildman–Crippen MR) is 71.5 cm³/mol. The molecule has 4 heteroatoms. The molecule has 1 aromatic rings. The Balaban J connectivity index is 2.04. The van der Waals surface area contributed by atoms with Crippen LogP contribution >= 0.6 is 0 Å². The molecule has 0 aromatic heterocycles. The van der Waals surface area contributed by atoms with Gasteiger partial charge in [0.2, 0.25) is 0 Å². The average molecular weight is 252 g/mol. The standard InChI is InChI=1S/C14H21FN2O/c1-14(10-18,16-2)6-8-17-7-5-11-3-4-12(15)9-13(11)17/h3-4,9,16,18H,5-8,10H2,1-2H3. The van der Waals surface area contributed by atoms with Gasteiger partial charge in [0.05, 0.1) is 6.61 Å². The van der Waals surface area contributed by atoms with Gasteiger partial charge in [0.25, 0.3) is 0 Å². The molecule has 1 atom stereocenters. The van der Waals surface area contributed by atoms with Crippen molar-refractivity contribution in [1.29, 1.82) is 0 Å². The lowest BCUT2D eigenvalue weighted by atomic mass is 9.99. The number of nitrogens with one attached hydrogen (secondary N) is 1. The average Bonchev–Trinajstić information content (AvgIpc) is 2.78. The Labute approximate surface area is 108 Å². The van der Waals surface area contributed by atoms with Crippen molar-refractivity contribution in [2.75, 3.05) is 31.6 Å². The van der Waals surface area contributed by atoms with Crippen LogP contribution in [-0.2, 0) is 6.42 Å². The second-order valence-corrected chi connectivity index (χ2v) is 5.23. The number of benzene rings is 1. The number of hydrogen-bond acceptors (Lipinski definition) is 3. The zero-order chi connectivity index (χ0) is 13.2. The first-order valence-corrected chi connectivity index (χ1v) is 6.41. The fourth-order valence-corrected chi connectivity index (χ4v) is 2.32. The van der Waals surface area contributed by atoms with Crippen LogP contribution in [0.2, 0.25) is 0 Å². The predicted octanol–water partition coefficient (Wildman–Crippen LogP) is 1.55. The molecule has 1 aliphatic rings. The summed E-state index contributed by atoms with van der Waals surface area (Å²) in [7, 11) is 1.85.